The highest BCUT2D eigenvalue weighted by Crippen LogP contribution is 2.19. The van der Waals surface area contributed by atoms with Gasteiger partial charge in [0.1, 0.15) is 0 Å². The molecular weight excluding hydrogens is 268 g/mol. The summed E-state index contributed by atoms with van der Waals surface area (Å²) < 4.78 is 2.25. The van der Waals surface area contributed by atoms with Crippen LogP contribution in [0.15, 0.2) is 36.5 Å². The van der Waals surface area contributed by atoms with Crippen LogP contribution in [0.4, 0.5) is 0 Å². The molecule has 20 heavy (non-hydrogen) atoms. The van der Waals surface area contributed by atoms with E-state index in [-0.39, 0.29) is 5.54 Å². The van der Waals surface area contributed by atoms with Crippen molar-refractivity contribution in [2.75, 3.05) is 0 Å². The molecule has 2 aromatic rings. The minimum Gasteiger partial charge on any atom is -0.346 e. The summed E-state index contributed by atoms with van der Waals surface area (Å²) in [6.07, 6.45) is 2.11. The lowest BCUT2D eigenvalue weighted by molar-refractivity contribution is 0.417. The fraction of sp³-hybridized carbons (Fsp3) is 0.412. The largest absolute Gasteiger partial charge is 0.346 e. The van der Waals surface area contributed by atoms with Crippen LogP contribution in [-0.2, 0) is 13.1 Å². The van der Waals surface area contributed by atoms with Crippen molar-refractivity contribution in [3.8, 4) is 0 Å². The molecular formula is C17H23ClN2. The first-order chi connectivity index (χ1) is 9.35. The van der Waals surface area contributed by atoms with Crippen LogP contribution in [0.3, 0.4) is 0 Å². The smallest absolute Gasteiger partial charge is 0.0488 e. The highest BCUT2D eigenvalue weighted by atomic mass is 35.5. The summed E-state index contributed by atoms with van der Waals surface area (Å²) in [5, 5.41) is 4.36. The maximum atomic E-state index is 6.32. The molecule has 0 atom stereocenters. The summed E-state index contributed by atoms with van der Waals surface area (Å²) in [6.45, 7) is 10.3. The quantitative estimate of drug-likeness (QED) is 0.884. The zero-order valence-corrected chi connectivity index (χ0v) is 13.5. The van der Waals surface area contributed by atoms with E-state index in [9.17, 15) is 0 Å². The van der Waals surface area contributed by atoms with E-state index in [1.165, 1.54) is 11.3 Å². The number of rotatable bonds is 4. The van der Waals surface area contributed by atoms with E-state index in [1.807, 2.05) is 6.07 Å². The molecule has 1 aromatic heterocycles. The molecule has 0 spiro atoms. The van der Waals surface area contributed by atoms with E-state index in [0.29, 0.717) is 0 Å². The van der Waals surface area contributed by atoms with Crippen molar-refractivity contribution >= 4 is 11.6 Å². The molecule has 0 unspecified atom stereocenters. The summed E-state index contributed by atoms with van der Waals surface area (Å²) in [4.78, 5) is 0. The van der Waals surface area contributed by atoms with E-state index in [2.05, 4.69) is 68.0 Å². The van der Waals surface area contributed by atoms with Crippen LogP contribution < -0.4 is 5.32 Å². The first-order valence-corrected chi connectivity index (χ1v) is 7.37. The van der Waals surface area contributed by atoms with Gasteiger partial charge in [-0.3, -0.25) is 0 Å². The Morgan fingerprint density at radius 1 is 1.20 bits per heavy atom. The van der Waals surface area contributed by atoms with E-state index in [1.54, 1.807) is 0 Å². The van der Waals surface area contributed by atoms with E-state index in [4.69, 9.17) is 11.6 Å². The molecule has 0 amide bonds. The summed E-state index contributed by atoms with van der Waals surface area (Å²) in [5.74, 6) is 0. The van der Waals surface area contributed by atoms with E-state index < -0.39 is 0 Å². The summed E-state index contributed by atoms with van der Waals surface area (Å²) in [7, 11) is 0. The molecule has 2 rings (SSSR count). The summed E-state index contributed by atoms with van der Waals surface area (Å²) in [5.41, 5.74) is 3.75. The standard InChI is InChI=1S/C17H23ClN2/c1-13-7-8-14(16(18)10-13)12-20-9-5-6-15(20)11-19-17(2,3)4/h5-10,19H,11-12H2,1-4H3. The highest BCUT2D eigenvalue weighted by molar-refractivity contribution is 6.31. The average molecular weight is 291 g/mol. The molecule has 108 valence electrons. The van der Waals surface area contributed by atoms with Crippen molar-refractivity contribution in [2.45, 2.75) is 46.3 Å². The fourth-order valence-corrected chi connectivity index (χ4v) is 2.38. The van der Waals surface area contributed by atoms with Gasteiger partial charge in [-0.05, 0) is 57.0 Å². The van der Waals surface area contributed by atoms with Gasteiger partial charge in [-0.25, -0.2) is 0 Å². The number of aryl methyl sites for hydroxylation is 1. The van der Waals surface area contributed by atoms with Crippen molar-refractivity contribution in [1.82, 2.24) is 9.88 Å². The van der Waals surface area contributed by atoms with Crippen molar-refractivity contribution in [3.63, 3.8) is 0 Å². The lowest BCUT2D eigenvalue weighted by atomic mass is 10.1. The maximum Gasteiger partial charge on any atom is 0.0488 e. The van der Waals surface area contributed by atoms with Gasteiger partial charge in [0.25, 0.3) is 0 Å². The van der Waals surface area contributed by atoms with Gasteiger partial charge in [0.05, 0.1) is 0 Å². The van der Waals surface area contributed by atoms with Gasteiger partial charge >= 0.3 is 0 Å². The number of aromatic nitrogens is 1. The molecule has 0 aliphatic carbocycles. The van der Waals surface area contributed by atoms with Crippen LogP contribution in [-0.4, -0.2) is 10.1 Å². The van der Waals surface area contributed by atoms with Gasteiger partial charge < -0.3 is 9.88 Å². The molecule has 1 aromatic carbocycles. The molecule has 0 radical (unpaired) electrons. The third-order valence-electron chi connectivity index (χ3n) is 3.27. The van der Waals surface area contributed by atoms with Crippen molar-refractivity contribution in [2.24, 2.45) is 0 Å². The molecule has 0 saturated heterocycles. The predicted molar refractivity (Wildman–Crippen MR) is 86.3 cm³/mol. The van der Waals surface area contributed by atoms with Crippen molar-refractivity contribution < 1.29 is 0 Å². The van der Waals surface area contributed by atoms with Gasteiger partial charge in [-0.1, -0.05) is 23.7 Å². The van der Waals surface area contributed by atoms with Gasteiger partial charge in [0, 0.05) is 35.5 Å². The highest BCUT2D eigenvalue weighted by Gasteiger charge is 2.10. The second kappa shape index (κ2) is 6.02. The molecule has 0 fully saturated rings. The SMILES string of the molecule is Cc1ccc(Cn2cccc2CNC(C)(C)C)c(Cl)c1. The van der Waals surface area contributed by atoms with Crippen LogP contribution in [0, 0.1) is 6.92 Å². The number of benzene rings is 1. The predicted octanol–water partition coefficient (Wildman–Crippen LogP) is 4.39. The second-order valence-electron chi connectivity index (χ2n) is 6.33. The first-order valence-electron chi connectivity index (χ1n) is 6.99. The Hall–Kier alpha value is -1.25. The molecule has 1 N–H and O–H groups in total. The van der Waals surface area contributed by atoms with Crippen molar-refractivity contribution in [3.05, 3.63) is 58.4 Å². The van der Waals surface area contributed by atoms with Crippen LogP contribution in [0.2, 0.25) is 5.02 Å². The molecule has 1 heterocycles. The normalized spacial score (nSPS) is 11.8. The zero-order chi connectivity index (χ0) is 14.8. The Labute approximate surface area is 126 Å². The maximum absolute atomic E-state index is 6.32. The topological polar surface area (TPSA) is 17.0 Å². The Kier molecular flexibility index (Phi) is 4.56. The van der Waals surface area contributed by atoms with Gasteiger partial charge in [0.15, 0.2) is 0 Å². The van der Waals surface area contributed by atoms with Gasteiger partial charge in [0.2, 0.25) is 0 Å². The van der Waals surface area contributed by atoms with Gasteiger partial charge in [-0.15, -0.1) is 0 Å². The van der Waals surface area contributed by atoms with E-state index in [0.717, 1.165) is 23.7 Å². The Morgan fingerprint density at radius 2 is 1.95 bits per heavy atom. The summed E-state index contributed by atoms with van der Waals surface area (Å²) in [6, 6.07) is 10.5. The minimum absolute atomic E-state index is 0.122. The van der Waals surface area contributed by atoms with Crippen molar-refractivity contribution in [1.29, 1.82) is 0 Å². The van der Waals surface area contributed by atoms with Gasteiger partial charge in [-0.2, -0.15) is 0 Å². The molecule has 0 aliphatic heterocycles. The van der Waals surface area contributed by atoms with Crippen LogP contribution >= 0.6 is 11.6 Å². The third kappa shape index (κ3) is 4.12. The molecule has 0 aliphatic rings. The Morgan fingerprint density at radius 3 is 2.60 bits per heavy atom. The van der Waals surface area contributed by atoms with Crippen LogP contribution in [0.1, 0.15) is 37.6 Å². The first kappa shape index (κ1) is 15.1. The fourth-order valence-electron chi connectivity index (χ4n) is 2.08. The summed E-state index contributed by atoms with van der Waals surface area (Å²) >= 11 is 6.32. The lowest BCUT2D eigenvalue weighted by Gasteiger charge is -2.21. The number of nitrogens with zero attached hydrogens (tertiary/aromatic N) is 1. The number of nitrogens with one attached hydrogen (secondary N) is 1. The molecule has 2 nitrogen and oxygen atoms in total. The van der Waals surface area contributed by atoms with E-state index >= 15 is 0 Å². The van der Waals surface area contributed by atoms with Crippen LogP contribution in [0.25, 0.3) is 0 Å². The second-order valence-corrected chi connectivity index (χ2v) is 6.73. The monoisotopic (exact) mass is 290 g/mol. The molecule has 0 saturated carbocycles. The molecule has 3 heteroatoms. The van der Waals surface area contributed by atoms with Crippen LogP contribution in [0.5, 0.6) is 0 Å². The molecule has 0 bridgehead atoms. The minimum atomic E-state index is 0.122. The average Bonchev–Trinajstić information content (AvgIpc) is 2.77. The Bertz CT molecular complexity index is 579. The number of halogens is 1. The Balaban J connectivity index is 2.12. The lowest BCUT2D eigenvalue weighted by Crippen LogP contribution is -2.35. The number of hydrogen-bond acceptors (Lipinski definition) is 1. The number of hydrogen-bond donors (Lipinski definition) is 1. The zero-order valence-electron chi connectivity index (χ0n) is 12.7. The third-order valence-corrected chi connectivity index (χ3v) is 3.62.